The molecule has 3 aromatic carbocycles. The van der Waals surface area contributed by atoms with Crippen LogP contribution in [0.1, 0.15) is 38.7 Å². The van der Waals surface area contributed by atoms with Crippen LogP contribution in [0.25, 0.3) is 42.3 Å². The summed E-state index contributed by atoms with van der Waals surface area (Å²) >= 11 is -4.51. The number of rotatable bonds is 3. The Morgan fingerprint density at radius 1 is 0.938 bits per heavy atom. The van der Waals surface area contributed by atoms with Crippen molar-refractivity contribution in [3.05, 3.63) is 66.5 Å². The molecule has 0 aliphatic heterocycles. The number of nitrogens with zero attached hydrogens (tertiary/aromatic N) is 2. The van der Waals surface area contributed by atoms with Crippen molar-refractivity contribution in [2.24, 2.45) is 5.41 Å². The van der Waals surface area contributed by atoms with E-state index in [1.54, 1.807) is 24.3 Å². The first-order valence-corrected chi connectivity index (χ1v) is 15.6. The number of hydrogen-bond donors (Lipinski definition) is 0. The Bertz CT molecular complexity index is 1740. The molecule has 0 atom stereocenters. The van der Waals surface area contributed by atoms with Gasteiger partial charge in [-0.3, -0.25) is 0 Å². The van der Waals surface area contributed by atoms with Crippen molar-refractivity contribution in [3.8, 4) is 11.3 Å². The van der Waals surface area contributed by atoms with Gasteiger partial charge in [0.25, 0.3) is 0 Å². The van der Waals surface area contributed by atoms with Crippen molar-refractivity contribution in [2.75, 3.05) is 0 Å². The normalized spacial score (nSPS) is 18.2. The number of benzene rings is 3. The second-order valence-corrected chi connectivity index (χ2v) is 14.9. The predicted octanol–water partition coefficient (Wildman–Crippen LogP) is 7.80. The standard InChI is InChI=1S/C28H30GeN2S/c1-28(2,3)16-18-11-12-22-24(13-18)32-27-25(30-17-31-26(22)27)20-14-19-9-7-8-10-21(19)23(15-20)29(4,5)6/h7-15,17H,16H2,1-6H3/i4D3,5D3,6D3. The third-order valence-corrected chi connectivity index (χ3v) is 9.30. The summed E-state index contributed by atoms with van der Waals surface area (Å²) in [5.41, 5.74) is -6.55. The summed E-state index contributed by atoms with van der Waals surface area (Å²) in [5, 5.41) is 1.87. The van der Waals surface area contributed by atoms with E-state index in [-0.39, 0.29) is 9.81 Å². The van der Waals surface area contributed by atoms with E-state index in [1.807, 2.05) is 6.07 Å². The van der Waals surface area contributed by atoms with Gasteiger partial charge in [-0.25, -0.2) is 0 Å². The van der Waals surface area contributed by atoms with Crippen molar-refractivity contribution in [1.29, 1.82) is 0 Å². The molecule has 0 saturated carbocycles. The maximum absolute atomic E-state index is 8.40. The quantitative estimate of drug-likeness (QED) is 0.233. The van der Waals surface area contributed by atoms with E-state index in [4.69, 9.17) is 12.3 Å². The molecule has 0 aliphatic rings. The van der Waals surface area contributed by atoms with Crippen LogP contribution < -0.4 is 4.40 Å². The topological polar surface area (TPSA) is 25.8 Å². The minimum atomic E-state index is -6.02. The second kappa shape index (κ2) is 7.67. The van der Waals surface area contributed by atoms with Crippen molar-refractivity contribution in [1.82, 2.24) is 9.97 Å². The molecule has 0 bridgehead atoms. The number of fused-ring (bicyclic) bond motifs is 4. The fourth-order valence-corrected chi connectivity index (χ4v) is 7.64. The van der Waals surface area contributed by atoms with Crippen molar-refractivity contribution in [3.63, 3.8) is 0 Å². The summed E-state index contributed by atoms with van der Waals surface area (Å²) in [6.07, 6.45) is 2.34. The predicted molar refractivity (Wildman–Crippen MR) is 144 cm³/mol. The van der Waals surface area contributed by atoms with Crippen LogP contribution >= 0.6 is 11.3 Å². The third kappa shape index (κ3) is 3.97. The van der Waals surface area contributed by atoms with Crippen LogP contribution in [0.4, 0.5) is 0 Å². The van der Waals surface area contributed by atoms with Crippen LogP contribution in [-0.2, 0) is 6.42 Å². The van der Waals surface area contributed by atoms with Crippen LogP contribution in [0.3, 0.4) is 0 Å². The molecule has 0 amide bonds. The minimum absolute atomic E-state index is 0.0848. The molecule has 2 aromatic heterocycles. The number of aromatic nitrogens is 2. The third-order valence-electron chi connectivity index (χ3n) is 5.59. The summed E-state index contributed by atoms with van der Waals surface area (Å²) in [7, 11) is 0. The molecule has 5 aromatic rings. The van der Waals surface area contributed by atoms with Crippen molar-refractivity contribution >= 4 is 60.1 Å². The molecule has 2 nitrogen and oxygen atoms in total. The number of hydrogen-bond acceptors (Lipinski definition) is 3. The zero-order valence-corrected chi connectivity index (χ0v) is 21.2. The summed E-state index contributed by atoms with van der Waals surface area (Å²) in [6, 6.07) is 16.4. The van der Waals surface area contributed by atoms with E-state index < -0.39 is 30.3 Å². The van der Waals surface area contributed by atoms with Gasteiger partial charge in [-0.05, 0) is 0 Å². The molecule has 0 spiro atoms. The molecule has 2 heterocycles. The Labute approximate surface area is 209 Å². The van der Waals surface area contributed by atoms with Gasteiger partial charge < -0.3 is 0 Å². The molecule has 0 radical (unpaired) electrons. The van der Waals surface area contributed by atoms with Gasteiger partial charge in [-0.2, -0.15) is 0 Å². The first-order valence-electron chi connectivity index (χ1n) is 15.0. The van der Waals surface area contributed by atoms with Crippen LogP contribution in [-0.4, -0.2) is 23.2 Å². The summed E-state index contributed by atoms with van der Waals surface area (Å²) in [5.74, 6) is 0. The Morgan fingerprint density at radius 3 is 2.53 bits per heavy atom. The fourth-order valence-electron chi connectivity index (χ4n) is 4.30. The Kier molecular flexibility index (Phi) is 3.23. The molecule has 0 unspecified atom stereocenters. The summed E-state index contributed by atoms with van der Waals surface area (Å²) < 4.78 is 77.3. The zero-order valence-electron chi connectivity index (χ0n) is 27.3. The average molecular weight is 508 g/mol. The SMILES string of the molecule is [2H][C]([2H])([2H])[Ge]([c]1cc(-c2ncnc3c2sc2cc(CC(C)(C)C)ccc23)cc2ccccc12)([C]([2H])([2H])[2H])[C]([2H])([2H])[2H]. The molecule has 0 N–H and O–H groups in total. The van der Waals surface area contributed by atoms with Crippen LogP contribution in [0.15, 0.2) is 60.9 Å². The Hall–Kier alpha value is -2.24. The molecule has 0 saturated heterocycles. The van der Waals surface area contributed by atoms with Crippen LogP contribution in [0.5, 0.6) is 0 Å². The van der Waals surface area contributed by atoms with Gasteiger partial charge >= 0.3 is 210 Å². The molecular formula is C28H30GeN2S. The second-order valence-electron chi connectivity index (χ2n) is 9.56. The zero-order chi connectivity index (χ0) is 30.2. The molecule has 0 aliphatic carbocycles. The van der Waals surface area contributed by atoms with Gasteiger partial charge in [0.15, 0.2) is 0 Å². The summed E-state index contributed by atoms with van der Waals surface area (Å²) in [4.78, 5) is 9.12. The average Bonchev–Trinajstić information content (AvgIpc) is 3.18. The molecule has 0 fully saturated rings. The van der Waals surface area contributed by atoms with Gasteiger partial charge in [0.2, 0.25) is 0 Å². The maximum atomic E-state index is 8.40. The molecular weight excluding hydrogens is 469 g/mol. The Balaban J connectivity index is 1.85. The summed E-state index contributed by atoms with van der Waals surface area (Å²) in [6.45, 7) is 6.56. The molecule has 32 heavy (non-hydrogen) atoms. The van der Waals surface area contributed by atoms with Gasteiger partial charge in [0.1, 0.15) is 0 Å². The van der Waals surface area contributed by atoms with Crippen LogP contribution in [0, 0.1) is 5.41 Å². The van der Waals surface area contributed by atoms with Gasteiger partial charge in [-0.15, -0.1) is 0 Å². The van der Waals surface area contributed by atoms with E-state index >= 15 is 0 Å². The first kappa shape index (κ1) is 13.5. The van der Waals surface area contributed by atoms with E-state index in [1.165, 1.54) is 29.3 Å². The molecule has 162 valence electrons. The first-order chi connectivity index (χ1) is 18.8. The van der Waals surface area contributed by atoms with E-state index in [2.05, 4.69) is 48.9 Å². The van der Waals surface area contributed by atoms with Gasteiger partial charge in [-0.1, -0.05) is 0 Å². The van der Waals surface area contributed by atoms with Gasteiger partial charge in [0, 0.05) is 0 Å². The molecule has 4 heteroatoms. The van der Waals surface area contributed by atoms with Crippen LogP contribution in [0.2, 0.25) is 17.1 Å². The number of thiophene rings is 1. The van der Waals surface area contributed by atoms with E-state index in [0.717, 1.165) is 26.7 Å². The monoisotopic (exact) mass is 509 g/mol. The Morgan fingerprint density at radius 2 is 1.75 bits per heavy atom. The van der Waals surface area contributed by atoms with Gasteiger partial charge in [0.05, 0.1) is 0 Å². The molecule has 5 rings (SSSR count). The van der Waals surface area contributed by atoms with E-state index in [9.17, 15) is 0 Å². The van der Waals surface area contributed by atoms with E-state index in [0.29, 0.717) is 22.0 Å². The van der Waals surface area contributed by atoms with Crippen molar-refractivity contribution < 1.29 is 12.3 Å². The fraction of sp³-hybridized carbons (Fsp3) is 0.286. The van der Waals surface area contributed by atoms with Crippen molar-refractivity contribution in [2.45, 2.75) is 44.2 Å².